The van der Waals surface area contributed by atoms with Crippen molar-refractivity contribution in [2.45, 2.75) is 30.6 Å². The number of thioether (sulfide) groups is 1. The topological polar surface area (TPSA) is 49.4 Å². The summed E-state index contributed by atoms with van der Waals surface area (Å²) in [5, 5.41) is 2.70. The van der Waals surface area contributed by atoms with Crippen LogP contribution in [0.15, 0.2) is 36.9 Å². The van der Waals surface area contributed by atoms with Crippen LogP contribution < -0.4 is 5.32 Å². The predicted octanol–water partition coefficient (Wildman–Crippen LogP) is 2.81. The number of nitrogens with one attached hydrogen (secondary N) is 1. The van der Waals surface area contributed by atoms with E-state index >= 15 is 0 Å². The molecule has 3 rings (SSSR count). The molecule has 1 saturated heterocycles. The van der Waals surface area contributed by atoms with Crippen molar-refractivity contribution in [2.75, 3.05) is 17.6 Å². The molecule has 2 amide bonds. The van der Waals surface area contributed by atoms with E-state index in [1.165, 1.54) is 12.5 Å². The number of benzene rings is 1. The zero-order valence-corrected chi connectivity index (χ0v) is 13.3. The molecule has 0 radical (unpaired) electrons. The van der Waals surface area contributed by atoms with Gasteiger partial charge in [0, 0.05) is 18.0 Å². The maximum Gasteiger partial charge on any atom is 0.247 e. The molecule has 22 heavy (non-hydrogen) atoms. The summed E-state index contributed by atoms with van der Waals surface area (Å²) in [5.41, 5.74) is 1.70. The number of rotatable bonds is 4. The molecule has 2 aliphatic rings. The number of nitrogens with zero attached hydrogens (tertiary/aromatic N) is 1. The lowest BCUT2D eigenvalue weighted by Gasteiger charge is -2.44. The van der Waals surface area contributed by atoms with E-state index in [1.54, 1.807) is 0 Å². The normalized spacial score (nSPS) is 18.8. The van der Waals surface area contributed by atoms with Crippen molar-refractivity contribution in [1.82, 2.24) is 4.90 Å². The Labute approximate surface area is 135 Å². The Balaban J connectivity index is 1.62. The average Bonchev–Trinajstić information content (AvgIpc) is 2.94. The molecule has 1 N–H and O–H groups in total. The number of carbonyl (C=O) groups is 2. The molecule has 0 bridgehead atoms. The molecule has 1 saturated carbocycles. The van der Waals surface area contributed by atoms with E-state index in [4.69, 9.17) is 0 Å². The molecule has 1 heterocycles. The third-order valence-corrected chi connectivity index (χ3v) is 5.93. The molecule has 5 heteroatoms. The minimum Gasteiger partial charge on any atom is -0.327 e. The molecule has 0 aromatic heterocycles. The minimum atomic E-state index is -0.232. The van der Waals surface area contributed by atoms with Crippen LogP contribution in [0.4, 0.5) is 5.69 Å². The standard InChI is InChI=1S/C17H20N2O2S/c1-2-15(20)18-14-6-4-13(5-7-14)12-16(21)19-10-11-22-17(19)8-3-9-17/h2,4-7H,1,3,8-12H2,(H,18,20). The number of anilines is 1. The maximum atomic E-state index is 12.6. The summed E-state index contributed by atoms with van der Waals surface area (Å²) in [6.45, 7) is 4.29. The largest absolute Gasteiger partial charge is 0.327 e. The monoisotopic (exact) mass is 316 g/mol. The predicted molar refractivity (Wildman–Crippen MR) is 89.7 cm³/mol. The molecule has 1 spiro atoms. The van der Waals surface area contributed by atoms with E-state index in [0.717, 1.165) is 30.7 Å². The summed E-state index contributed by atoms with van der Waals surface area (Å²) < 4.78 is 0. The highest BCUT2D eigenvalue weighted by atomic mass is 32.2. The van der Waals surface area contributed by atoms with Gasteiger partial charge in [-0.05, 0) is 43.0 Å². The molecule has 0 atom stereocenters. The van der Waals surface area contributed by atoms with Crippen LogP contribution in [0.3, 0.4) is 0 Å². The highest BCUT2D eigenvalue weighted by Crippen LogP contribution is 2.50. The van der Waals surface area contributed by atoms with E-state index in [0.29, 0.717) is 12.1 Å². The van der Waals surface area contributed by atoms with E-state index in [1.807, 2.05) is 36.0 Å². The van der Waals surface area contributed by atoms with Crippen LogP contribution in [0.25, 0.3) is 0 Å². The zero-order valence-electron chi connectivity index (χ0n) is 12.5. The van der Waals surface area contributed by atoms with Crippen LogP contribution in [0.1, 0.15) is 24.8 Å². The second-order valence-electron chi connectivity index (χ2n) is 5.76. The van der Waals surface area contributed by atoms with Crippen LogP contribution in [0, 0.1) is 0 Å². The van der Waals surface area contributed by atoms with Gasteiger partial charge in [0.25, 0.3) is 0 Å². The fourth-order valence-electron chi connectivity index (χ4n) is 3.02. The lowest BCUT2D eigenvalue weighted by Crippen LogP contribution is -2.50. The van der Waals surface area contributed by atoms with Crippen molar-refractivity contribution < 1.29 is 9.59 Å². The lowest BCUT2D eigenvalue weighted by atomic mass is 9.90. The van der Waals surface area contributed by atoms with E-state index in [2.05, 4.69) is 16.8 Å². The summed E-state index contributed by atoms with van der Waals surface area (Å²) >= 11 is 1.94. The summed E-state index contributed by atoms with van der Waals surface area (Å²) in [4.78, 5) is 26.0. The number of amides is 2. The van der Waals surface area contributed by atoms with Crippen LogP contribution in [0.2, 0.25) is 0 Å². The van der Waals surface area contributed by atoms with Crippen LogP contribution in [-0.2, 0) is 16.0 Å². The van der Waals surface area contributed by atoms with Gasteiger partial charge in [0.2, 0.25) is 11.8 Å². The van der Waals surface area contributed by atoms with Gasteiger partial charge in [-0.1, -0.05) is 18.7 Å². The smallest absolute Gasteiger partial charge is 0.247 e. The second kappa shape index (κ2) is 6.16. The first-order valence-electron chi connectivity index (χ1n) is 7.60. The molecule has 1 aliphatic carbocycles. The molecule has 1 aliphatic heterocycles. The van der Waals surface area contributed by atoms with Crippen molar-refractivity contribution in [2.24, 2.45) is 0 Å². The first kappa shape index (κ1) is 15.2. The Hall–Kier alpha value is -1.75. The quantitative estimate of drug-likeness (QED) is 0.869. The Morgan fingerprint density at radius 3 is 2.64 bits per heavy atom. The molecule has 116 valence electrons. The minimum absolute atomic E-state index is 0.106. The first-order chi connectivity index (χ1) is 10.6. The summed E-state index contributed by atoms with van der Waals surface area (Å²) in [6, 6.07) is 7.43. The Kier molecular flexibility index (Phi) is 4.25. The molecular weight excluding hydrogens is 296 g/mol. The van der Waals surface area contributed by atoms with Gasteiger partial charge in [-0.2, -0.15) is 0 Å². The average molecular weight is 316 g/mol. The molecule has 4 nitrogen and oxygen atoms in total. The fourth-order valence-corrected chi connectivity index (χ4v) is 4.60. The summed E-state index contributed by atoms with van der Waals surface area (Å²) in [6.07, 6.45) is 5.17. The van der Waals surface area contributed by atoms with E-state index < -0.39 is 0 Å². The van der Waals surface area contributed by atoms with Crippen LogP contribution in [0.5, 0.6) is 0 Å². The second-order valence-corrected chi connectivity index (χ2v) is 7.22. The SMILES string of the molecule is C=CC(=O)Nc1ccc(CC(=O)N2CCSC23CCC3)cc1. The highest BCUT2D eigenvalue weighted by Gasteiger charge is 2.48. The number of hydrogen-bond acceptors (Lipinski definition) is 3. The van der Waals surface area contributed by atoms with Gasteiger partial charge in [-0.15, -0.1) is 11.8 Å². The van der Waals surface area contributed by atoms with Gasteiger partial charge in [0.05, 0.1) is 11.3 Å². The van der Waals surface area contributed by atoms with Crippen molar-refractivity contribution >= 4 is 29.3 Å². The molecule has 1 aromatic carbocycles. The van der Waals surface area contributed by atoms with Gasteiger partial charge in [0.15, 0.2) is 0 Å². The van der Waals surface area contributed by atoms with Gasteiger partial charge in [-0.25, -0.2) is 0 Å². The van der Waals surface area contributed by atoms with E-state index in [-0.39, 0.29) is 16.7 Å². The number of carbonyl (C=O) groups excluding carboxylic acids is 2. The Bertz CT molecular complexity index is 593. The fraction of sp³-hybridized carbons (Fsp3) is 0.412. The van der Waals surface area contributed by atoms with Crippen LogP contribution in [-0.4, -0.2) is 33.9 Å². The van der Waals surface area contributed by atoms with Gasteiger partial charge in [0.1, 0.15) is 0 Å². The van der Waals surface area contributed by atoms with Gasteiger partial charge < -0.3 is 10.2 Å². The maximum absolute atomic E-state index is 12.6. The summed E-state index contributed by atoms with van der Waals surface area (Å²) in [7, 11) is 0. The lowest BCUT2D eigenvalue weighted by molar-refractivity contribution is -0.134. The highest BCUT2D eigenvalue weighted by molar-refractivity contribution is 8.00. The third-order valence-electron chi connectivity index (χ3n) is 4.38. The molecule has 2 fully saturated rings. The summed E-state index contributed by atoms with van der Waals surface area (Å²) in [5.74, 6) is 1.04. The zero-order chi connectivity index (χ0) is 15.6. The van der Waals surface area contributed by atoms with Gasteiger partial charge >= 0.3 is 0 Å². The van der Waals surface area contributed by atoms with Crippen molar-refractivity contribution in [3.63, 3.8) is 0 Å². The molecule has 1 aromatic rings. The third kappa shape index (κ3) is 2.90. The van der Waals surface area contributed by atoms with Crippen molar-refractivity contribution in [3.05, 3.63) is 42.5 Å². The molecular formula is C17H20N2O2S. The number of hydrogen-bond donors (Lipinski definition) is 1. The van der Waals surface area contributed by atoms with Crippen molar-refractivity contribution in [1.29, 1.82) is 0 Å². The van der Waals surface area contributed by atoms with E-state index in [9.17, 15) is 9.59 Å². The first-order valence-corrected chi connectivity index (χ1v) is 8.58. The Morgan fingerprint density at radius 1 is 1.32 bits per heavy atom. The molecule has 0 unspecified atom stereocenters. The van der Waals surface area contributed by atoms with Crippen LogP contribution >= 0.6 is 11.8 Å². The van der Waals surface area contributed by atoms with Crippen molar-refractivity contribution in [3.8, 4) is 0 Å². The van der Waals surface area contributed by atoms with Gasteiger partial charge in [-0.3, -0.25) is 9.59 Å². The Morgan fingerprint density at radius 2 is 2.05 bits per heavy atom.